The standard InChI is InChI=1S/C18H17NO2S5Si.C17H17ClO2S4Si.C10H8O2S3.C10H8S3.C10H10S3.C5H5BrS/c1-10-7-23-15-16-18(26(20,21)17(10)15)11(2)14(25-16)12-5-6-13(24-12)27(3,4)9-19-8-22;1-9-7-21-14-15-17(24(19,20)16(9)14)10(2)13(23-15)11-5-6-12(22-11)25(3,4)8-18;1-5-3-13-7-8-10(6(2)4-14-8)15(11,12)9(5)7;1-5-3-11-9-7(5)13-8-6(2)4-12-10(8)9;1-7-3-11-5-9(7)13-10-6-12-4-8(10)2;1-4-2-7-3-5(4)6/h5-7H,9H2,1-4H3;5-7H,8H2,1-4H3;3-4H,1-2H3;3-4H,1-2H3;3-6H,1-2H3;2-3H,1H3. The van der Waals surface area contributed by atoms with Gasteiger partial charge in [-0.2, -0.15) is 34.0 Å². The summed E-state index contributed by atoms with van der Waals surface area (Å²) in [6.07, 6.45) is 0.725. The van der Waals surface area contributed by atoms with E-state index in [1.165, 1.54) is 115 Å². The monoisotopic (exact) mass is 1790 g/mol. The smallest absolute Gasteiger partial charge is 0.210 e. The van der Waals surface area contributed by atoms with Crippen molar-refractivity contribution in [1.82, 2.24) is 0 Å². The topological polar surface area (TPSA) is 115 Å². The molecule has 522 valence electrons. The van der Waals surface area contributed by atoms with Gasteiger partial charge in [0, 0.05) is 61.6 Å². The number of halogens is 2. The third kappa shape index (κ3) is 14.4. The minimum atomic E-state index is -3.40. The summed E-state index contributed by atoms with van der Waals surface area (Å²) in [5, 5.41) is 27.7. The maximum atomic E-state index is 13.1. The fourth-order valence-corrected chi connectivity index (χ4v) is 43.3. The van der Waals surface area contributed by atoms with Gasteiger partial charge in [-0.25, -0.2) is 30.2 Å². The van der Waals surface area contributed by atoms with Crippen LogP contribution in [0.5, 0.6) is 0 Å². The summed E-state index contributed by atoms with van der Waals surface area (Å²) >= 11 is 40.0. The van der Waals surface area contributed by atoms with Gasteiger partial charge in [-0.05, 0) is 235 Å². The minimum Gasteiger partial charge on any atom is -0.235 e. The lowest BCUT2D eigenvalue weighted by molar-refractivity contribution is 0.596. The molecule has 0 spiro atoms. The molecule has 0 saturated heterocycles. The van der Waals surface area contributed by atoms with Crippen molar-refractivity contribution in [2.24, 2.45) is 4.99 Å². The van der Waals surface area contributed by atoms with E-state index < -0.39 is 45.7 Å². The Labute approximate surface area is 666 Å². The third-order valence-electron chi connectivity index (χ3n) is 16.8. The quantitative estimate of drug-likeness (QED) is 0.0607. The van der Waals surface area contributed by atoms with Gasteiger partial charge >= 0.3 is 0 Å². The van der Waals surface area contributed by atoms with Gasteiger partial charge in [0.2, 0.25) is 29.5 Å². The van der Waals surface area contributed by atoms with Gasteiger partial charge in [0.25, 0.3) is 0 Å². The summed E-state index contributed by atoms with van der Waals surface area (Å²) in [6.45, 7) is 31.2. The van der Waals surface area contributed by atoms with E-state index in [1.807, 2.05) is 109 Å². The number of thiophene rings is 14. The fourth-order valence-electron chi connectivity index (χ4n) is 11.3. The molecular formula is C70H65BrClNO6S19Si2. The maximum absolute atomic E-state index is 13.1. The number of nitrogens with zero attached hydrogens (tertiary/aromatic N) is 1. The Morgan fingerprint density at radius 1 is 0.410 bits per heavy atom. The molecule has 14 aromatic heterocycles. The van der Waals surface area contributed by atoms with Crippen molar-refractivity contribution in [2.45, 2.75) is 142 Å². The van der Waals surface area contributed by atoms with Crippen LogP contribution in [0, 0.1) is 76.2 Å². The molecular weight excluding hydrogens is 1730 g/mol. The number of hydrogen-bond acceptors (Lipinski definition) is 23. The first-order valence-electron chi connectivity index (χ1n) is 30.7. The molecule has 3 aliphatic heterocycles. The van der Waals surface area contributed by atoms with Gasteiger partial charge in [0.1, 0.15) is 16.1 Å². The Kier molecular flexibility index (Phi) is 23.4. The molecule has 0 unspecified atom stereocenters. The lowest BCUT2D eigenvalue weighted by atomic mass is 10.2. The fraction of sp³-hybridized carbons (Fsp3) is 0.243. The highest BCUT2D eigenvalue weighted by Gasteiger charge is 2.43. The molecule has 3 aliphatic rings. The highest BCUT2D eigenvalue weighted by molar-refractivity contribution is 9.10. The molecule has 0 N–H and O–H groups in total. The van der Waals surface area contributed by atoms with Crippen LogP contribution < -0.4 is 9.00 Å². The lowest BCUT2D eigenvalue weighted by Gasteiger charge is -2.16. The van der Waals surface area contributed by atoms with E-state index in [0.29, 0.717) is 34.9 Å². The zero-order valence-electron chi connectivity index (χ0n) is 56.6. The summed E-state index contributed by atoms with van der Waals surface area (Å²) in [5.41, 5.74) is 12.9. The van der Waals surface area contributed by atoms with E-state index in [1.54, 1.807) is 79.4 Å². The molecule has 7 nitrogen and oxygen atoms in total. The highest BCUT2D eigenvalue weighted by atomic mass is 79.9. The number of alkyl halides is 1. The van der Waals surface area contributed by atoms with Crippen molar-refractivity contribution in [3.63, 3.8) is 0 Å². The number of fused-ring (bicyclic) bond motifs is 12. The highest BCUT2D eigenvalue weighted by Crippen LogP contribution is 2.58. The molecule has 30 heteroatoms. The van der Waals surface area contributed by atoms with Crippen LogP contribution >= 0.6 is 210 Å². The molecule has 0 saturated carbocycles. The number of hydrogen-bond donors (Lipinski definition) is 0. The Balaban J connectivity index is 0.000000119. The van der Waals surface area contributed by atoms with Crippen molar-refractivity contribution in [1.29, 1.82) is 0 Å². The third-order valence-corrected chi connectivity index (χ3v) is 53.7. The van der Waals surface area contributed by atoms with Crippen LogP contribution in [0.3, 0.4) is 0 Å². The first-order chi connectivity index (χ1) is 47.2. The number of aliphatic imine (C=N–C) groups is 1. The predicted octanol–water partition coefficient (Wildman–Crippen LogP) is 26.6. The lowest BCUT2D eigenvalue weighted by Crippen LogP contribution is -2.42. The van der Waals surface area contributed by atoms with Crippen LogP contribution in [0.1, 0.15) is 61.2 Å². The van der Waals surface area contributed by atoms with Crippen molar-refractivity contribution in [2.75, 3.05) is 11.7 Å². The summed E-state index contributed by atoms with van der Waals surface area (Å²) in [4.78, 5) is 20.1. The van der Waals surface area contributed by atoms with Gasteiger partial charge in [-0.3, -0.25) is 0 Å². The number of isothiocyanates is 1. The Bertz CT molecular complexity index is 5700. The summed E-state index contributed by atoms with van der Waals surface area (Å²) in [5.74, 6) is 0. The second-order valence-corrected chi connectivity index (χ2v) is 56.5. The zero-order chi connectivity index (χ0) is 72.0. The van der Waals surface area contributed by atoms with Gasteiger partial charge in [0.15, 0.2) is 0 Å². The van der Waals surface area contributed by atoms with Crippen LogP contribution in [-0.2, 0) is 29.5 Å². The Morgan fingerprint density at radius 2 is 0.770 bits per heavy atom. The second kappa shape index (κ2) is 30.3. The van der Waals surface area contributed by atoms with E-state index in [-0.39, 0.29) is 0 Å². The predicted molar refractivity (Wildman–Crippen MR) is 463 cm³/mol. The number of thiocarbonyl (C=S) groups is 1. The molecule has 17 rings (SSSR count). The Hall–Kier alpha value is -2.48. The summed E-state index contributed by atoms with van der Waals surface area (Å²) in [6, 6.07) is 8.60. The van der Waals surface area contributed by atoms with E-state index in [2.05, 4.69) is 154 Å². The molecule has 0 fully saturated rings. The molecule has 17 heterocycles. The zero-order valence-corrected chi connectivity index (χ0v) is 76.4. The molecule has 0 amide bonds. The van der Waals surface area contributed by atoms with E-state index in [9.17, 15) is 25.3 Å². The van der Waals surface area contributed by atoms with Crippen molar-refractivity contribution in [3.05, 3.63) is 154 Å². The SMILES string of the molecule is Cc1csc2c1S(=O)(=O)c1c(C)csc1-2.Cc1csc2c1S(=O)(=O)c1c-2sc(-c2ccc([Si](C)(C)CCl)s2)c1C.Cc1csc2c1S(=O)(=O)c1c-2sc(-c2ccc([Si](C)(C)CN=C=S)s2)c1C.Cc1csc2c1sc1c(C)csc12.Cc1cscc1Br.Cc1cscc1Sc1cscc1C. The van der Waals surface area contributed by atoms with Gasteiger partial charge in [-0.1, -0.05) is 50.1 Å². The Morgan fingerprint density at radius 3 is 1.11 bits per heavy atom. The number of rotatable bonds is 9. The van der Waals surface area contributed by atoms with Crippen LogP contribution in [0.2, 0.25) is 26.2 Å². The number of aryl methyl sites for hydroxylation is 9. The normalized spacial score (nSPS) is 13.8. The van der Waals surface area contributed by atoms with Crippen LogP contribution in [0.25, 0.3) is 67.6 Å². The van der Waals surface area contributed by atoms with Gasteiger partial charge in [-0.15, -0.1) is 136 Å². The van der Waals surface area contributed by atoms with Crippen molar-refractivity contribution in [3.8, 4) is 48.8 Å². The first-order valence-corrected chi connectivity index (χ1v) is 56.3. The average molecular weight is 1800 g/mol. The summed E-state index contributed by atoms with van der Waals surface area (Å²) in [7, 11) is -13.3. The molecule has 0 atom stereocenters. The molecule has 14 aromatic rings. The largest absolute Gasteiger partial charge is 0.235 e. The molecule has 100 heavy (non-hydrogen) atoms. The maximum Gasteiger partial charge on any atom is 0.210 e. The van der Waals surface area contributed by atoms with Crippen LogP contribution in [0.15, 0.2) is 137 Å². The first kappa shape index (κ1) is 77.1. The number of sulfone groups is 3. The van der Waals surface area contributed by atoms with Crippen molar-refractivity contribution >= 4 is 289 Å². The van der Waals surface area contributed by atoms with Crippen LogP contribution in [0.4, 0.5) is 0 Å². The molecule has 0 bridgehead atoms. The van der Waals surface area contributed by atoms with E-state index in [0.717, 1.165) is 88.3 Å². The second-order valence-electron chi connectivity index (χ2n) is 25.5. The average Bonchev–Trinajstić information content (AvgIpc) is 1.56. The minimum absolute atomic E-state index is 0.516. The molecule has 0 aromatic carbocycles. The summed E-state index contributed by atoms with van der Waals surface area (Å²) < 4.78 is 86.7. The molecule has 0 radical (unpaired) electrons. The van der Waals surface area contributed by atoms with Gasteiger partial charge in [0.05, 0.1) is 82.6 Å². The van der Waals surface area contributed by atoms with Crippen molar-refractivity contribution < 1.29 is 25.3 Å². The van der Waals surface area contributed by atoms with E-state index >= 15 is 0 Å². The molecule has 0 aliphatic carbocycles. The van der Waals surface area contributed by atoms with Gasteiger partial charge < -0.3 is 0 Å². The van der Waals surface area contributed by atoms with E-state index in [4.69, 9.17) is 23.8 Å². The van der Waals surface area contributed by atoms with Crippen LogP contribution in [-0.4, -0.2) is 58.2 Å².